The highest BCUT2D eigenvalue weighted by Crippen LogP contribution is 2.68. The zero-order valence-electron chi connectivity index (χ0n) is 16.5. The number of rotatable bonds is 1. The van der Waals surface area contributed by atoms with Crippen LogP contribution < -0.4 is 0 Å². The van der Waals surface area contributed by atoms with E-state index in [-0.39, 0.29) is 17.5 Å². The molecule has 4 aliphatic rings. The van der Waals surface area contributed by atoms with Gasteiger partial charge in [0, 0.05) is 12.3 Å². The topological polar surface area (TPSA) is 70.3 Å². The first-order chi connectivity index (χ1) is 12.2. The van der Waals surface area contributed by atoms with Crippen molar-refractivity contribution in [3.05, 3.63) is 0 Å². The number of fused-ring (bicyclic) bond motifs is 5. The molecule has 0 aromatic rings. The number of carbonyl (C=O) groups excluding carboxylic acids is 1. The quantitative estimate of drug-likeness (QED) is 0.562. The molecule has 4 saturated carbocycles. The van der Waals surface area contributed by atoms with Gasteiger partial charge < -0.3 is 9.84 Å². The zero-order valence-corrected chi connectivity index (χ0v) is 16.5. The standard InChI is InChI=1S/C22H33NO3/c1-14(24)26-16-6-9-20(2)15(12-16)4-5-17-18(20)7-10-21(3)19(17)8-11-22(21,25)13-23/h15-19,25H,4-12H2,1-3H3/t15-,16?,17+,18?,19?,20-,21-,22-/m0/s1. The summed E-state index contributed by atoms with van der Waals surface area (Å²) < 4.78 is 5.54. The Labute approximate surface area is 157 Å². The fourth-order valence-corrected chi connectivity index (χ4v) is 7.76. The average Bonchev–Trinajstić information content (AvgIpc) is 2.87. The average molecular weight is 360 g/mol. The van der Waals surface area contributed by atoms with Gasteiger partial charge in [0.15, 0.2) is 5.60 Å². The molecule has 144 valence electrons. The SMILES string of the molecule is CC(=O)OC1CC[C@]2(C)C3CC[C@@]4(C)C(CC[C@]4(O)C#N)[C@@H]3CC[C@H]2C1. The normalized spacial score (nSPS) is 53.0. The summed E-state index contributed by atoms with van der Waals surface area (Å²) in [4.78, 5) is 11.4. The third kappa shape index (κ3) is 2.39. The van der Waals surface area contributed by atoms with Gasteiger partial charge in [0.05, 0.1) is 6.07 Å². The number of nitrogens with zero attached hydrogens (tertiary/aromatic N) is 1. The second kappa shape index (κ2) is 5.96. The van der Waals surface area contributed by atoms with E-state index in [0.717, 1.165) is 38.5 Å². The fourth-order valence-electron chi connectivity index (χ4n) is 7.76. The van der Waals surface area contributed by atoms with Crippen LogP contribution in [0, 0.1) is 45.8 Å². The van der Waals surface area contributed by atoms with E-state index < -0.39 is 5.60 Å². The molecule has 0 spiro atoms. The number of esters is 1. The number of hydrogen-bond donors (Lipinski definition) is 1. The third-order valence-corrected chi connectivity index (χ3v) is 9.29. The largest absolute Gasteiger partial charge is 0.463 e. The lowest BCUT2D eigenvalue weighted by molar-refractivity contribution is -0.164. The van der Waals surface area contributed by atoms with E-state index in [1.54, 1.807) is 0 Å². The van der Waals surface area contributed by atoms with Crippen LogP contribution in [0.1, 0.15) is 78.6 Å². The van der Waals surface area contributed by atoms with Crippen molar-refractivity contribution in [2.75, 3.05) is 0 Å². The molecule has 0 heterocycles. The number of hydrogen-bond acceptors (Lipinski definition) is 4. The van der Waals surface area contributed by atoms with Crippen molar-refractivity contribution in [1.82, 2.24) is 0 Å². The molecule has 1 N–H and O–H groups in total. The monoisotopic (exact) mass is 359 g/mol. The molecule has 0 bridgehead atoms. The molecule has 0 aromatic heterocycles. The molecule has 4 fully saturated rings. The van der Waals surface area contributed by atoms with Gasteiger partial charge in [0.25, 0.3) is 0 Å². The van der Waals surface area contributed by atoms with Crippen LogP contribution in [0.4, 0.5) is 0 Å². The van der Waals surface area contributed by atoms with Crippen LogP contribution in [0.2, 0.25) is 0 Å². The number of ether oxygens (including phenoxy) is 1. The van der Waals surface area contributed by atoms with E-state index in [9.17, 15) is 15.2 Å². The molecule has 3 unspecified atom stereocenters. The number of carbonyl (C=O) groups is 1. The highest BCUT2D eigenvalue weighted by Gasteiger charge is 2.65. The summed E-state index contributed by atoms with van der Waals surface area (Å²) in [5.41, 5.74) is -1.04. The van der Waals surface area contributed by atoms with Crippen LogP contribution in [0.25, 0.3) is 0 Å². The van der Waals surface area contributed by atoms with Gasteiger partial charge in [-0.15, -0.1) is 0 Å². The highest BCUT2D eigenvalue weighted by molar-refractivity contribution is 5.66. The van der Waals surface area contributed by atoms with Crippen molar-refractivity contribution < 1.29 is 14.6 Å². The molecular formula is C22H33NO3. The van der Waals surface area contributed by atoms with Crippen molar-refractivity contribution in [3.8, 4) is 6.07 Å². The highest BCUT2D eigenvalue weighted by atomic mass is 16.5. The van der Waals surface area contributed by atoms with Crippen LogP contribution in [0.3, 0.4) is 0 Å². The molecule has 4 heteroatoms. The van der Waals surface area contributed by atoms with Gasteiger partial charge in [-0.3, -0.25) is 4.79 Å². The van der Waals surface area contributed by atoms with Crippen molar-refractivity contribution in [2.24, 2.45) is 34.5 Å². The van der Waals surface area contributed by atoms with Crippen molar-refractivity contribution >= 4 is 5.97 Å². The lowest BCUT2D eigenvalue weighted by Gasteiger charge is -2.61. The molecule has 0 amide bonds. The first-order valence-electron chi connectivity index (χ1n) is 10.5. The van der Waals surface area contributed by atoms with Crippen molar-refractivity contribution in [1.29, 1.82) is 5.26 Å². The first-order valence-corrected chi connectivity index (χ1v) is 10.5. The molecule has 26 heavy (non-hydrogen) atoms. The Hall–Kier alpha value is -1.08. The van der Waals surface area contributed by atoms with Gasteiger partial charge in [-0.25, -0.2) is 0 Å². The van der Waals surface area contributed by atoms with Gasteiger partial charge >= 0.3 is 5.97 Å². The summed E-state index contributed by atoms with van der Waals surface area (Å²) >= 11 is 0. The van der Waals surface area contributed by atoms with E-state index in [1.807, 2.05) is 0 Å². The molecule has 0 aromatic carbocycles. The number of aliphatic hydroxyl groups is 1. The Morgan fingerprint density at radius 3 is 2.50 bits per heavy atom. The lowest BCUT2D eigenvalue weighted by Crippen LogP contribution is -2.56. The molecule has 0 radical (unpaired) electrons. The van der Waals surface area contributed by atoms with E-state index in [1.165, 1.54) is 19.8 Å². The molecule has 4 nitrogen and oxygen atoms in total. The third-order valence-electron chi connectivity index (χ3n) is 9.29. The molecule has 0 saturated heterocycles. The molecule has 8 atom stereocenters. The minimum absolute atomic E-state index is 0.103. The Kier molecular flexibility index (Phi) is 4.19. The molecule has 4 aliphatic carbocycles. The molecule has 4 rings (SSSR count). The molecule has 0 aliphatic heterocycles. The Balaban J connectivity index is 1.56. The van der Waals surface area contributed by atoms with Crippen molar-refractivity contribution in [2.45, 2.75) is 90.3 Å². The molecular weight excluding hydrogens is 326 g/mol. The van der Waals surface area contributed by atoms with Crippen LogP contribution in [0.15, 0.2) is 0 Å². The van der Waals surface area contributed by atoms with Crippen LogP contribution in [-0.2, 0) is 9.53 Å². The summed E-state index contributed by atoms with van der Waals surface area (Å²) in [7, 11) is 0. The Morgan fingerprint density at radius 1 is 1.08 bits per heavy atom. The summed E-state index contributed by atoms with van der Waals surface area (Å²) in [5, 5.41) is 20.6. The second-order valence-electron chi connectivity index (χ2n) is 10.1. The number of nitriles is 1. The van der Waals surface area contributed by atoms with Crippen LogP contribution in [-0.4, -0.2) is 22.8 Å². The minimum Gasteiger partial charge on any atom is -0.463 e. The maximum atomic E-state index is 11.4. The smallest absolute Gasteiger partial charge is 0.302 e. The van der Waals surface area contributed by atoms with Gasteiger partial charge in [-0.05, 0) is 86.9 Å². The predicted octanol–water partition coefficient (Wildman–Crippen LogP) is 4.22. The summed E-state index contributed by atoms with van der Waals surface area (Å²) in [6, 6.07) is 2.27. The second-order valence-corrected chi connectivity index (χ2v) is 10.1. The maximum Gasteiger partial charge on any atom is 0.302 e. The van der Waals surface area contributed by atoms with Gasteiger partial charge in [0.2, 0.25) is 0 Å². The van der Waals surface area contributed by atoms with Gasteiger partial charge in [0.1, 0.15) is 6.10 Å². The van der Waals surface area contributed by atoms with Crippen molar-refractivity contribution in [3.63, 3.8) is 0 Å². The fraction of sp³-hybridized carbons (Fsp3) is 0.909. The Bertz CT molecular complexity index is 642. The van der Waals surface area contributed by atoms with E-state index in [4.69, 9.17) is 4.74 Å². The van der Waals surface area contributed by atoms with Crippen LogP contribution >= 0.6 is 0 Å². The summed E-state index contributed by atoms with van der Waals surface area (Å²) in [5.74, 6) is 2.31. The first kappa shape index (κ1) is 18.3. The predicted molar refractivity (Wildman–Crippen MR) is 97.8 cm³/mol. The van der Waals surface area contributed by atoms with Crippen LogP contribution in [0.5, 0.6) is 0 Å². The zero-order chi connectivity index (χ0) is 18.7. The van der Waals surface area contributed by atoms with E-state index in [2.05, 4.69) is 19.9 Å². The maximum absolute atomic E-state index is 11.4. The van der Waals surface area contributed by atoms with E-state index >= 15 is 0 Å². The Morgan fingerprint density at radius 2 is 1.81 bits per heavy atom. The lowest BCUT2D eigenvalue weighted by atomic mass is 9.44. The van der Waals surface area contributed by atoms with Gasteiger partial charge in [-0.1, -0.05) is 13.8 Å². The summed E-state index contributed by atoms with van der Waals surface area (Å²) in [6.45, 7) is 6.17. The summed E-state index contributed by atoms with van der Waals surface area (Å²) in [6.07, 6.45) is 9.40. The van der Waals surface area contributed by atoms with Gasteiger partial charge in [-0.2, -0.15) is 5.26 Å². The van der Waals surface area contributed by atoms with E-state index in [0.29, 0.717) is 35.5 Å². The minimum atomic E-state index is -1.13.